The Balaban J connectivity index is 2.25. The highest BCUT2D eigenvalue weighted by Crippen LogP contribution is 2.44. The van der Waals surface area contributed by atoms with Gasteiger partial charge in [0.25, 0.3) is 0 Å². The predicted octanol–water partition coefficient (Wildman–Crippen LogP) is 4.97. The fourth-order valence-corrected chi connectivity index (χ4v) is 5.76. The van der Waals surface area contributed by atoms with E-state index in [1.165, 1.54) is 32.4 Å². The Kier molecular flexibility index (Phi) is 4.50. The monoisotopic (exact) mass is 365 g/mol. The van der Waals surface area contributed by atoms with Gasteiger partial charge in [0.1, 0.15) is 0 Å². The number of hydrogen-bond donors (Lipinski definition) is 1. The third-order valence-electron chi connectivity index (χ3n) is 3.69. The molecule has 3 unspecified atom stereocenters. The van der Waals surface area contributed by atoms with E-state index in [-0.39, 0.29) is 0 Å². The van der Waals surface area contributed by atoms with Gasteiger partial charge in [0.2, 0.25) is 0 Å². The highest BCUT2D eigenvalue weighted by atomic mass is 79.9. The van der Waals surface area contributed by atoms with E-state index >= 15 is 0 Å². The molecule has 1 fully saturated rings. The van der Waals surface area contributed by atoms with Gasteiger partial charge in [-0.05, 0) is 68.8 Å². The molecule has 0 spiro atoms. The Morgan fingerprint density at radius 1 is 1.44 bits per heavy atom. The molecule has 1 heterocycles. The van der Waals surface area contributed by atoms with Crippen LogP contribution in [0.1, 0.15) is 37.8 Å². The Bertz CT molecular complexity index is 364. The van der Waals surface area contributed by atoms with Crippen LogP contribution in [0.5, 0.6) is 0 Å². The summed E-state index contributed by atoms with van der Waals surface area (Å²) >= 11 is 9.01. The van der Waals surface area contributed by atoms with Crippen LogP contribution in [0.4, 0.5) is 0 Å². The van der Waals surface area contributed by atoms with Crippen molar-refractivity contribution in [3.05, 3.63) is 19.2 Å². The van der Waals surface area contributed by atoms with E-state index in [1.807, 2.05) is 0 Å². The Labute approximate surface area is 118 Å². The van der Waals surface area contributed by atoms with Gasteiger partial charge in [-0.15, -0.1) is 11.3 Å². The molecule has 1 aliphatic rings. The maximum Gasteiger partial charge on any atom is 0.0758 e. The molecule has 1 aliphatic carbocycles. The lowest BCUT2D eigenvalue weighted by molar-refractivity contribution is 0.315. The van der Waals surface area contributed by atoms with Gasteiger partial charge in [-0.3, -0.25) is 0 Å². The lowest BCUT2D eigenvalue weighted by Gasteiger charge is -2.26. The fourth-order valence-electron chi connectivity index (χ4n) is 2.83. The molecule has 4 heteroatoms. The maximum absolute atomic E-state index is 3.67. The summed E-state index contributed by atoms with van der Waals surface area (Å²) in [4.78, 5) is 0. The van der Waals surface area contributed by atoms with Crippen LogP contribution in [0.3, 0.4) is 0 Å². The first-order chi connectivity index (χ1) is 7.63. The highest BCUT2D eigenvalue weighted by molar-refractivity contribution is 9.12. The van der Waals surface area contributed by atoms with Crippen LogP contribution in [0.25, 0.3) is 0 Å². The molecule has 0 aromatic carbocycles. The van der Waals surface area contributed by atoms with Crippen molar-refractivity contribution in [2.75, 3.05) is 7.05 Å². The average Bonchev–Trinajstić information content (AvgIpc) is 2.77. The van der Waals surface area contributed by atoms with Crippen molar-refractivity contribution in [1.29, 1.82) is 0 Å². The summed E-state index contributed by atoms with van der Waals surface area (Å²) in [6, 6.07) is 2.75. The zero-order chi connectivity index (χ0) is 11.7. The molecule has 1 aromatic heterocycles. The number of rotatable bonds is 3. The zero-order valence-corrected chi connectivity index (χ0v) is 13.6. The van der Waals surface area contributed by atoms with Crippen LogP contribution in [0.15, 0.2) is 13.6 Å². The van der Waals surface area contributed by atoms with Crippen LogP contribution in [0.2, 0.25) is 0 Å². The lowest BCUT2D eigenvalue weighted by atomic mass is 9.87. The summed E-state index contributed by atoms with van der Waals surface area (Å²) in [5.74, 6) is 1.62. The van der Waals surface area contributed by atoms with Crippen molar-refractivity contribution in [1.82, 2.24) is 5.32 Å². The van der Waals surface area contributed by atoms with Gasteiger partial charge < -0.3 is 5.32 Å². The Morgan fingerprint density at radius 2 is 2.19 bits per heavy atom. The molecule has 2 rings (SSSR count). The molecule has 1 aromatic rings. The third-order valence-corrected chi connectivity index (χ3v) is 6.07. The smallest absolute Gasteiger partial charge is 0.0758 e. The minimum Gasteiger partial charge on any atom is -0.313 e. The van der Waals surface area contributed by atoms with Crippen molar-refractivity contribution in [3.63, 3.8) is 0 Å². The number of nitrogens with one attached hydrogen (secondary N) is 1. The predicted molar refractivity (Wildman–Crippen MR) is 78.0 cm³/mol. The van der Waals surface area contributed by atoms with Crippen molar-refractivity contribution >= 4 is 43.2 Å². The summed E-state index contributed by atoms with van der Waals surface area (Å²) in [7, 11) is 2.08. The molecular weight excluding hydrogens is 350 g/mol. The normalized spacial score (nSPS) is 27.2. The molecule has 1 N–H and O–H groups in total. The number of halogens is 2. The minimum atomic E-state index is 0.495. The van der Waals surface area contributed by atoms with Gasteiger partial charge in [-0.2, -0.15) is 0 Å². The van der Waals surface area contributed by atoms with Crippen LogP contribution in [-0.4, -0.2) is 7.05 Å². The van der Waals surface area contributed by atoms with Gasteiger partial charge >= 0.3 is 0 Å². The van der Waals surface area contributed by atoms with Crippen molar-refractivity contribution in [2.24, 2.45) is 11.8 Å². The van der Waals surface area contributed by atoms with Crippen LogP contribution in [0, 0.1) is 11.8 Å². The van der Waals surface area contributed by atoms with E-state index in [1.54, 1.807) is 11.3 Å². The Morgan fingerprint density at radius 3 is 2.62 bits per heavy atom. The number of hydrogen-bond acceptors (Lipinski definition) is 2. The lowest BCUT2D eigenvalue weighted by Crippen LogP contribution is -2.26. The molecule has 90 valence electrons. The van der Waals surface area contributed by atoms with E-state index in [0.29, 0.717) is 6.04 Å². The van der Waals surface area contributed by atoms with Crippen LogP contribution >= 0.6 is 43.2 Å². The van der Waals surface area contributed by atoms with Gasteiger partial charge in [0.15, 0.2) is 0 Å². The van der Waals surface area contributed by atoms with E-state index in [0.717, 1.165) is 11.8 Å². The summed E-state index contributed by atoms with van der Waals surface area (Å²) in [6.07, 6.45) is 4.12. The quantitative estimate of drug-likeness (QED) is 0.796. The first-order valence-corrected chi connectivity index (χ1v) is 8.15. The summed E-state index contributed by atoms with van der Waals surface area (Å²) in [5.41, 5.74) is 1.41. The highest BCUT2D eigenvalue weighted by Gasteiger charge is 2.32. The van der Waals surface area contributed by atoms with Gasteiger partial charge in [-0.1, -0.05) is 19.8 Å². The summed E-state index contributed by atoms with van der Waals surface area (Å²) in [5, 5.41) is 3.50. The molecule has 0 radical (unpaired) electrons. The first kappa shape index (κ1) is 13.1. The van der Waals surface area contributed by atoms with Crippen molar-refractivity contribution in [3.8, 4) is 0 Å². The summed E-state index contributed by atoms with van der Waals surface area (Å²) < 4.78 is 2.47. The molecule has 0 amide bonds. The van der Waals surface area contributed by atoms with E-state index in [2.05, 4.69) is 57.2 Å². The Hall–Kier alpha value is 0.620. The van der Waals surface area contributed by atoms with E-state index < -0.39 is 0 Å². The fraction of sp³-hybridized carbons (Fsp3) is 0.667. The van der Waals surface area contributed by atoms with E-state index in [9.17, 15) is 0 Å². The standard InChI is InChI=1S/C12H17Br2NS/c1-7-4-3-5-8(7)11(15-2)9-6-10(13)16-12(9)14/h6-8,11,15H,3-5H2,1-2H3. The first-order valence-electron chi connectivity index (χ1n) is 5.75. The number of thiophene rings is 1. The average molecular weight is 367 g/mol. The molecule has 0 aliphatic heterocycles. The van der Waals surface area contributed by atoms with Gasteiger partial charge in [0, 0.05) is 6.04 Å². The maximum atomic E-state index is 3.67. The molecule has 3 atom stereocenters. The second-order valence-electron chi connectivity index (χ2n) is 4.62. The second kappa shape index (κ2) is 5.51. The SMILES string of the molecule is CNC(c1cc(Br)sc1Br)C1CCCC1C. The molecular formula is C12H17Br2NS. The van der Waals surface area contributed by atoms with Crippen LogP contribution in [-0.2, 0) is 0 Å². The topological polar surface area (TPSA) is 12.0 Å². The zero-order valence-electron chi connectivity index (χ0n) is 9.59. The van der Waals surface area contributed by atoms with Gasteiger partial charge in [-0.25, -0.2) is 0 Å². The molecule has 0 saturated heterocycles. The third kappa shape index (κ3) is 2.55. The largest absolute Gasteiger partial charge is 0.313 e. The van der Waals surface area contributed by atoms with Crippen molar-refractivity contribution in [2.45, 2.75) is 32.2 Å². The minimum absolute atomic E-state index is 0.495. The second-order valence-corrected chi connectivity index (χ2v) is 8.37. The molecule has 1 saturated carbocycles. The van der Waals surface area contributed by atoms with Crippen molar-refractivity contribution < 1.29 is 0 Å². The van der Waals surface area contributed by atoms with Crippen LogP contribution < -0.4 is 5.32 Å². The van der Waals surface area contributed by atoms with Gasteiger partial charge in [0.05, 0.1) is 7.57 Å². The molecule has 0 bridgehead atoms. The molecule has 1 nitrogen and oxygen atoms in total. The van der Waals surface area contributed by atoms with E-state index in [4.69, 9.17) is 0 Å². The molecule has 16 heavy (non-hydrogen) atoms. The summed E-state index contributed by atoms with van der Waals surface area (Å²) in [6.45, 7) is 2.39.